The average Bonchev–Trinajstić information content (AvgIpc) is 3.37. The van der Waals surface area contributed by atoms with E-state index in [2.05, 4.69) is 16.0 Å². The largest absolute Gasteiger partial charge is 0.497 e. The van der Waals surface area contributed by atoms with Gasteiger partial charge in [-0.2, -0.15) is 5.26 Å². The molecule has 9 heteroatoms. The van der Waals surface area contributed by atoms with Crippen LogP contribution in [0.4, 0.5) is 10.5 Å². The number of rotatable bonds is 6. The molecule has 0 saturated carbocycles. The molecule has 9 nitrogen and oxygen atoms in total. The second-order valence-electron chi connectivity index (χ2n) is 9.69. The Balaban J connectivity index is 1.37. The molecule has 1 aliphatic rings. The van der Waals surface area contributed by atoms with Gasteiger partial charge in [0.15, 0.2) is 0 Å². The molecule has 0 bridgehead atoms. The van der Waals surface area contributed by atoms with Gasteiger partial charge in [0.1, 0.15) is 11.5 Å². The minimum absolute atomic E-state index is 0.0777. The van der Waals surface area contributed by atoms with Crippen LogP contribution in [0, 0.1) is 18.3 Å². The summed E-state index contributed by atoms with van der Waals surface area (Å²) in [6.07, 6.45) is 0. The molecule has 3 aromatic carbocycles. The number of nitrogens with one attached hydrogen (secondary N) is 1. The van der Waals surface area contributed by atoms with Gasteiger partial charge in [-0.25, -0.2) is 4.79 Å². The summed E-state index contributed by atoms with van der Waals surface area (Å²) in [6, 6.07) is 26.0. The number of hydrogen-bond acceptors (Lipinski definition) is 5. The van der Waals surface area contributed by atoms with Crippen LogP contribution in [0.25, 0.3) is 16.9 Å². The van der Waals surface area contributed by atoms with Crippen molar-refractivity contribution in [3.63, 3.8) is 0 Å². The minimum Gasteiger partial charge on any atom is -0.497 e. The highest BCUT2D eigenvalue weighted by Gasteiger charge is 2.28. The number of ether oxygens (including phenoxy) is 2. The van der Waals surface area contributed by atoms with Crippen LogP contribution in [-0.4, -0.2) is 66.7 Å². The molecule has 0 aliphatic carbocycles. The molecule has 5 rings (SSSR count). The first-order valence-corrected chi connectivity index (χ1v) is 13.3. The maximum absolute atomic E-state index is 13.8. The summed E-state index contributed by atoms with van der Waals surface area (Å²) >= 11 is 0. The van der Waals surface area contributed by atoms with Crippen LogP contribution < -0.4 is 14.8 Å². The molecular weight excluding hydrogens is 518 g/mol. The topological polar surface area (TPSA) is 99.8 Å². The summed E-state index contributed by atoms with van der Waals surface area (Å²) in [7, 11) is 3.26. The maximum atomic E-state index is 13.8. The lowest BCUT2D eigenvalue weighted by Gasteiger charge is -2.34. The smallest absolute Gasteiger partial charge is 0.321 e. The lowest BCUT2D eigenvalue weighted by molar-refractivity contribution is 0.0671. The molecule has 0 atom stereocenters. The number of urea groups is 1. The molecule has 1 aromatic heterocycles. The van der Waals surface area contributed by atoms with Crippen molar-refractivity contribution >= 4 is 17.6 Å². The molecular formula is C32H31N5O4. The van der Waals surface area contributed by atoms with E-state index in [1.54, 1.807) is 48.3 Å². The molecule has 3 amide bonds. The Bertz CT molecular complexity index is 1590. The van der Waals surface area contributed by atoms with Crippen LogP contribution in [0.1, 0.15) is 21.6 Å². The van der Waals surface area contributed by atoms with Crippen molar-refractivity contribution in [3.05, 3.63) is 95.7 Å². The summed E-state index contributed by atoms with van der Waals surface area (Å²) in [4.78, 5) is 30.1. The highest BCUT2D eigenvalue weighted by Crippen LogP contribution is 2.32. The first-order chi connectivity index (χ1) is 19.9. The molecule has 0 radical (unpaired) electrons. The second-order valence-corrected chi connectivity index (χ2v) is 9.69. The van der Waals surface area contributed by atoms with E-state index in [4.69, 9.17) is 14.7 Å². The first-order valence-electron chi connectivity index (χ1n) is 13.3. The predicted molar refractivity (Wildman–Crippen MR) is 157 cm³/mol. The van der Waals surface area contributed by atoms with Gasteiger partial charge in [-0.05, 0) is 79.2 Å². The zero-order valence-electron chi connectivity index (χ0n) is 23.3. The van der Waals surface area contributed by atoms with Gasteiger partial charge >= 0.3 is 6.03 Å². The third-order valence-electron chi connectivity index (χ3n) is 7.29. The van der Waals surface area contributed by atoms with Gasteiger partial charge in [0, 0.05) is 49.3 Å². The van der Waals surface area contributed by atoms with Crippen molar-refractivity contribution < 1.29 is 19.1 Å². The van der Waals surface area contributed by atoms with Gasteiger partial charge in [0.05, 0.1) is 37.1 Å². The number of nitrogens with zero attached hydrogens (tertiary/aromatic N) is 4. The van der Waals surface area contributed by atoms with Crippen molar-refractivity contribution in [2.75, 3.05) is 45.7 Å². The van der Waals surface area contributed by atoms with E-state index < -0.39 is 0 Å². The Hall–Kier alpha value is -5.23. The van der Waals surface area contributed by atoms with Crippen molar-refractivity contribution in [1.29, 1.82) is 5.26 Å². The monoisotopic (exact) mass is 549 g/mol. The average molecular weight is 550 g/mol. The lowest BCUT2D eigenvalue weighted by Crippen LogP contribution is -2.51. The van der Waals surface area contributed by atoms with Gasteiger partial charge in [0.2, 0.25) is 0 Å². The molecule has 0 unspecified atom stereocenters. The zero-order chi connectivity index (χ0) is 28.9. The van der Waals surface area contributed by atoms with Crippen LogP contribution in [0.2, 0.25) is 0 Å². The van der Waals surface area contributed by atoms with E-state index in [9.17, 15) is 9.59 Å². The Morgan fingerprint density at radius 2 is 1.49 bits per heavy atom. The van der Waals surface area contributed by atoms with E-state index in [0.29, 0.717) is 43.0 Å². The molecule has 1 fully saturated rings. The molecule has 1 aliphatic heterocycles. The highest BCUT2D eigenvalue weighted by atomic mass is 16.5. The highest BCUT2D eigenvalue weighted by molar-refractivity contribution is 5.98. The number of methoxy groups -OCH3 is 2. The molecule has 1 N–H and O–H groups in total. The van der Waals surface area contributed by atoms with Crippen LogP contribution in [0.3, 0.4) is 0 Å². The predicted octanol–water partition coefficient (Wildman–Crippen LogP) is 5.33. The molecule has 0 spiro atoms. The van der Waals surface area contributed by atoms with Gasteiger partial charge < -0.3 is 29.2 Å². The fraction of sp³-hybridized carbons (Fsp3) is 0.219. The molecule has 1 saturated heterocycles. The normalized spacial score (nSPS) is 12.9. The van der Waals surface area contributed by atoms with E-state index in [-0.39, 0.29) is 11.9 Å². The van der Waals surface area contributed by atoms with Crippen LogP contribution >= 0.6 is 0 Å². The summed E-state index contributed by atoms with van der Waals surface area (Å²) in [6.45, 7) is 3.60. The third kappa shape index (κ3) is 5.72. The fourth-order valence-corrected chi connectivity index (χ4v) is 4.99. The number of carbonyl (C=O) groups excluding carboxylic acids is 2. The quantitative estimate of drug-likeness (QED) is 0.350. The maximum Gasteiger partial charge on any atom is 0.321 e. The summed E-state index contributed by atoms with van der Waals surface area (Å²) in [5.74, 6) is 1.40. The Kier molecular flexibility index (Phi) is 7.92. The second kappa shape index (κ2) is 11.9. The van der Waals surface area contributed by atoms with Crippen molar-refractivity contribution in [3.8, 4) is 34.5 Å². The third-order valence-corrected chi connectivity index (χ3v) is 7.29. The van der Waals surface area contributed by atoms with Gasteiger partial charge in [-0.1, -0.05) is 6.07 Å². The molecule has 208 valence electrons. The van der Waals surface area contributed by atoms with Crippen molar-refractivity contribution in [1.82, 2.24) is 14.4 Å². The number of piperazine rings is 1. The molecule has 41 heavy (non-hydrogen) atoms. The zero-order valence-corrected chi connectivity index (χ0v) is 23.3. The van der Waals surface area contributed by atoms with Gasteiger partial charge in [-0.3, -0.25) is 4.79 Å². The minimum atomic E-state index is -0.232. The van der Waals surface area contributed by atoms with E-state index in [1.807, 2.05) is 61.5 Å². The fourth-order valence-electron chi connectivity index (χ4n) is 4.99. The van der Waals surface area contributed by atoms with Gasteiger partial charge in [0.25, 0.3) is 5.91 Å². The van der Waals surface area contributed by atoms with Crippen LogP contribution in [0.5, 0.6) is 11.5 Å². The molecule has 4 aromatic rings. The number of amides is 3. The Labute approximate surface area is 239 Å². The number of anilines is 1. The summed E-state index contributed by atoms with van der Waals surface area (Å²) in [5.41, 5.74) is 5.27. The number of hydrogen-bond donors (Lipinski definition) is 1. The van der Waals surface area contributed by atoms with E-state index in [0.717, 1.165) is 34.1 Å². The standard InChI is InChI=1S/C32H31N5O4/c1-22-29(31(38)35-15-17-36(18-16-35)32(39)34-25-11-7-23(21-33)8-12-25)20-30(24-9-13-27(40-2)14-10-24)37(22)26-5-4-6-28(19-26)41-3/h4-14,19-20H,15-18H2,1-3H3,(H,34,39). The number of aromatic nitrogens is 1. The summed E-state index contributed by atoms with van der Waals surface area (Å²) in [5, 5.41) is 11.8. The number of nitriles is 1. The summed E-state index contributed by atoms with van der Waals surface area (Å²) < 4.78 is 12.9. The van der Waals surface area contributed by atoms with Crippen LogP contribution in [-0.2, 0) is 0 Å². The van der Waals surface area contributed by atoms with E-state index in [1.165, 1.54) is 0 Å². The van der Waals surface area contributed by atoms with Crippen LogP contribution in [0.15, 0.2) is 78.9 Å². The van der Waals surface area contributed by atoms with Crippen molar-refractivity contribution in [2.24, 2.45) is 0 Å². The lowest BCUT2D eigenvalue weighted by atomic mass is 10.1. The first kappa shape index (κ1) is 27.3. The van der Waals surface area contributed by atoms with Gasteiger partial charge in [-0.15, -0.1) is 0 Å². The van der Waals surface area contributed by atoms with Crippen molar-refractivity contribution in [2.45, 2.75) is 6.92 Å². The SMILES string of the molecule is COc1ccc(-c2cc(C(=O)N3CCN(C(=O)Nc4ccc(C#N)cc4)CC3)c(C)n2-c2cccc(OC)c2)cc1. The van der Waals surface area contributed by atoms with E-state index >= 15 is 0 Å². The Morgan fingerprint density at radius 3 is 2.12 bits per heavy atom. The number of benzene rings is 3. The number of carbonyl (C=O) groups is 2. The Morgan fingerprint density at radius 1 is 0.829 bits per heavy atom. The molecule has 2 heterocycles.